The monoisotopic (exact) mass is 266 g/mol. The van der Waals surface area contributed by atoms with Crippen molar-refractivity contribution < 1.29 is 0 Å². The van der Waals surface area contributed by atoms with Crippen molar-refractivity contribution in [2.45, 2.75) is 83.7 Å². The molecule has 1 saturated carbocycles. The second kappa shape index (κ2) is 6.58. The van der Waals surface area contributed by atoms with E-state index < -0.39 is 0 Å². The van der Waals surface area contributed by atoms with Gasteiger partial charge in [-0.1, -0.05) is 46.5 Å². The van der Waals surface area contributed by atoms with Crippen LogP contribution in [0.1, 0.15) is 72.1 Å². The molecule has 2 heteroatoms. The molecule has 4 atom stereocenters. The third kappa shape index (κ3) is 2.85. The fourth-order valence-corrected chi connectivity index (χ4v) is 4.77. The van der Waals surface area contributed by atoms with Gasteiger partial charge in [0.15, 0.2) is 0 Å². The predicted molar refractivity (Wildman–Crippen MR) is 83.2 cm³/mol. The van der Waals surface area contributed by atoms with E-state index in [0.29, 0.717) is 5.54 Å². The van der Waals surface area contributed by atoms with Crippen LogP contribution in [0.15, 0.2) is 0 Å². The molecular weight excluding hydrogens is 232 g/mol. The van der Waals surface area contributed by atoms with Crippen molar-refractivity contribution in [1.82, 2.24) is 4.90 Å². The molecule has 19 heavy (non-hydrogen) atoms. The minimum atomic E-state index is 0.303. The second-order valence-electron chi connectivity index (χ2n) is 7.10. The van der Waals surface area contributed by atoms with Crippen LogP contribution in [0.5, 0.6) is 0 Å². The minimum absolute atomic E-state index is 0.303. The Morgan fingerprint density at radius 1 is 1.16 bits per heavy atom. The standard InChI is InChI=1S/C17H34N2/c1-4-8-16-10-5-6-12-19(16)17(13-18)11-7-9-14(2)15(17)3/h14-16H,4-13,18H2,1-3H3. The molecule has 1 aliphatic heterocycles. The molecule has 2 rings (SSSR count). The van der Waals surface area contributed by atoms with Gasteiger partial charge in [0.2, 0.25) is 0 Å². The van der Waals surface area contributed by atoms with Gasteiger partial charge in [-0.3, -0.25) is 4.90 Å². The van der Waals surface area contributed by atoms with Crippen molar-refractivity contribution in [2.75, 3.05) is 13.1 Å². The molecule has 1 saturated heterocycles. The van der Waals surface area contributed by atoms with Crippen molar-refractivity contribution in [3.8, 4) is 0 Å². The first-order valence-corrected chi connectivity index (χ1v) is 8.62. The van der Waals surface area contributed by atoms with Gasteiger partial charge in [0.05, 0.1) is 0 Å². The molecular formula is C17H34N2. The van der Waals surface area contributed by atoms with Gasteiger partial charge in [-0.05, 0) is 44.1 Å². The summed E-state index contributed by atoms with van der Waals surface area (Å²) < 4.78 is 0. The first kappa shape index (κ1) is 15.3. The Morgan fingerprint density at radius 2 is 1.95 bits per heavy atom. The van der Waals surface area contributed by atoms with Gasteiger partial charge in [0.25, 0.3) is 0 Å². The molecule has 4 unspecified atom stereocenters. The molecule has 0 aromatic heterocycles. The first-order chi connectivity index (χ1) is 9.15. The molecule has 2 nitrogen and oxygen atoms in total. The first-order valence-electron chi connectivity index (χ1n) is 8.62. The van der Waals surface area contributed by atoms with Gasteiger partial charge in [-0.25, -0.2) is 0 Å². The van der Waals surface area contributed by atoms with E-state index in [1.807, 2.05) is 0 Å². The van der Waals surface area contributed by atoms with Crippen LogP contribution in [0, 0.1) is 11.8 Å². The van der Waals surface area contributed by atoms with Gasteiger partial charge in [0, 0.05) is 18.1 Å². The third-order valence-electron chi connectivity index (χ3n) is 6.14. The zero-order valence-electron chi connectivity index (χ0n) is 13.3. The Hall–Kier alpha value is -0.0800. The van der Waals surface area contributed by atoms with Crippen LogP contribution < -0.4 is 5.73 Å². The van der Waals surface area contributed by atoms with E-state index in [4.69, 9.17) is 5.73 Å². The van der Waals surface area contributed by atoms with E-state index in [0.717, 1.165) is 24.4 Å². The van der Waals surface area contributed by atoms with Crippen LogP contribution in [0.4, 0.5) is 0 Å². The zero-order valence-corrected chi connectivity index (χ0v) is 13.3. The molecule has 0 bridgehead atoms. The molecule has 2 N–H and O–H groups in total. The summed E-state index contributed by atoms with van der Waals surface area (Å²) in [7, 11) is 0. The van der Waals surface area contributed by atoms with E-state index in [1.54, 1.807) is 0 Å². The normalized spacial score (nSPS) is 41.4. The summed E-state index contributed by atoms with van der Waals surface area (Å²) in [6.07, 6.45) is 11.0. The summed E-state index contributed by atoms with van der Waals surface area (Å²) in [5, 5.41) is 0. The van der Waals surface area contributed by atoms with Crippen LogP contribution in [0.3, 0.4) is 0 Å². The molecule has 0 aromatic rings. The fourth-order valence-electron chi connectivity index (χ4n) is 4.77. The van der Waals surface area contributed by atoms with E-state index in [9.17, 15) is 0 Å². The third-order valence-corrected chi connectivity index (χ3v) is 6.14. The topological polar surface area (TPSA) is 29.3 Å². The Morgan fingerprint density at radius 3 is 2.63 bits per heavy atom. The lowest BCUT2D eigenvalue weighted by molar-refractivity contribution is -0.0547. The van der Waals surface area contributed by atoms with Crippen LogP contribution in [0.2, 0.25) is 0 Å². The average molecular weight is 266 g/mol. The van der Waals surface area contributed by atoms with Crippen molar-refractivity contribution in [3.63, 3.8) is 0 Å². The molecule has 2 fully saturated rings. The Labute approximate surface area is 120 Å². The number of likely N-dealkylation sites (tertiary alicyclic amines) is 1. The molecule has 0 aromatic carbocycles. The number of hydrogen-bond acceptors (Lipinski definition) is 2. The second-order valence-corrected chi connectivity index (χ2v) is 7.10. The summed E-state index contributed by atoms with van der Waals surface area (Å²) >= 11 is 0. The van der Waals surface area contributed by atoms with Crippen LogP contribution >= 0.6 is 0 Å². The van der Waals surface area contributed by atoms with Crippen LogP contribution in [-0.4, -0.2) is 29.6 Å². The molecule has 112 valence electrons. The lowest BCUT2D eigenvalue weighted by Crippen LogP contribution is -2.64. The fraction of sp³-hybridized carbons (Fsp3) is 1.00. The molecule has 0 radical (unpaired) electrons. The van der Waals surface area contributed by atoms with E-state index in [-0.39, 0.29) is 0 Å². The maximum Gasteiger partial charge on any atom is 0.0362 e. The van der Waals surface area contributed by atoms with E-state index >= 15 is 0 Å². The van der Waals surface area contributed by atoms with Crippen molar-refractivity contribution in [1.29, 1.82) is 0 Å². The smallest absolute Gasteiger partial charge is 0.0362 e. The highest BCUT2D eigenvalue weighted by Crippen LogP contribution is 2.44. The predicted octanol–water partition coefficient (Wildman–Crippen LogP) is 3.79. The highest BCUT2D eigenvalue weighted by atomic mass is 15.2. The SMILES string of the molecule is CCCC1CCCCN1C1(CN)CCCC(C)C1C. The minimum Gasteiger partial charge on any atom is -0.329 e. The Kier molecular flexibility index (Phi) is 5.30. The van der Waals surface area contributed by atoms with Crippen LogP contribution in [0.25, 0.3) is 0 Å². The lowest BCUT2D eigenvalue weighted by atomic mass is 9.66. The Balaban J connectivity index is 2.21. The highest BCUT2D eigenvalue weighted by molar-refractivity contribution is 5.03. The number of nitrogens with zero attached hydrogens (tertiary/aromatic N) is 1. The highest BCUT2D eigenvalue weighted by Gasteiger charge is 2.47. The number of nitrogens with two attached hydrogens (primary N) is 1. The van der Waals surface area contributed by atoms with Crippen molar-refractivity contribution in [3.05, 3.63) is 0 Å². The molecule has 2 aliphatic rings. The number of piperidine rings is 1. The van der Waals surface area contributed by atoms with Crippen LogP contribution in [-0.2, 0) is 0 Å². The molecule has 1 heterocycles. The summed E-state index contributed by atoms with van der Waals surface area (Å²) in [5.74, 6) is 1.59. The summed E-state index contributed by atoms with van der Waals surface area (Å²) in [4.78, 5) is 2.86. The Bertz CT molecular complexity index is 276. The summed E-state index contributed by atoms with van der Waals surface area (Å²) in [6.45, 7) is 9.38. The summed E-state index contributed by atoms with van der Waals surface area (Å²) in [5.41, 5.74) is 6.64. The molecule has 0 amide bonds. The molecule has 1 aliphatic carbocycles. The molecule has 0 spiro atoms. The maximum atomic E-state index is 6.34. The number of hydrogen-bond donors (Lipinski definition) is 1. The zero-order chi connectivity index (χ0) is 13.9. The lowest BCUT2D eigenvalue weighted by Gasteiger charge is -2.56. The van der Waals surface area contributed by atoms with Gasteiger partial charge in [0.1, 0.15) is 0 Å². The maximum absolute atomic E-state index is 6.34. The van der Waals surface area contributed by atoms with Gasteiger partial charge < -0.3 is 5.73 Å². The van der Waals surface area contributed by atoms with Gasteiger partial charge in [-0.2, -0.15) is 0 Å². The largest absolute Gasteiger partial charge is 0.329 e. The average Bonchev–Trinajstić information content (AvgIpc) is 2.43. The van der Waals surface area contributed by atoms with Crippen molar-refractivity contribution in [2.24, 2.45) is 17.6 Å². The van der Waals surface area contributed by atoms with E-state index in [2.05, 4.69) is 25.7 Å². The van der Waals surface area contributed by atoms with Gasteiger partial charge in [-0.15, -0.1) is 0 Å². The number of rotatable bonds is 4. The quantitative estimate of drug-likeness (QED) is 0.838. The van der Waals surface area contributed by atoms with Crippen molar-refractivity contribution >= 4 is 0 Å². The van der Waals surface area contributed by atoms with E-state index in [1.165, 1.54) is 57.9 Å². The van der Waals surface area contributed by atoms with Gasteiger partial charge >= 0.3 is 0 Å². The summed E-state index contributed by atoms with van der Waals surface area (Å²) in [6, 6.07) is 0.801.